The van der Waals surface area contributed by atoms with Gasteiger partial charge in [0, 0.05) is 5.54 Å². The SMILES string of the molecule is COc1ccc(CC(C)(N)c2ccc(F)cc2)cc1. The molecule has 2 N–H and O–H groups in total. The largest absolute Gasteiger partial charge is 0.497 e. The van der Waals surface area contributed by atoms with E-state index in [1.807, 2.05) is 31.2 Å². The minimum Gasteiger partial charge on any atom is -0.497 e. The minimum atomic E-state index is -0.526. The Morgan fingerprint density at radius 2 is 1.63 bits per heavy atom. The topological polar surface area (TPSA) is 35.2 Å². The van der Waals surface area contributed by atoms with E-state index in [2.05, 4.69) is 0 Å². The fourth-order valence-corrected chi connectivity index (χ4v) is 2.10. The standard InChI is InChI=1S/C16H18FNO/c1-16(18,13-5-7-14(17)8-6-13)11-12-3-9-15(19-2)10-4-12/h3-10H,11,18H2,1-2H3. The summed E-state index contributed by atoms with van der Waals surface area (Å²) in [5.41, 5.74) is 7.85. The first-order valence-corrected chi connectivity index (χ1v) is 6.19. The molecule has 0 saturated heterocycles. The minimum absolute atomic E-state index is 0.246. The zero-order valence-corrected chi connectivity index (χ0v) is 11.2. The molecule has 100 valence electrons. The van der Waals surface area contributed by atoms with E-state index in [0.717, 1.165) is 16.9 Å². The highest BCUT2D eigenvalue weighted by atomic mass is 19.1. The fraction of sp³-hybridized carbons (Fsp3) is 0.250. The maximum absolute atomic E-state index is 12.9. The summed E-state index contributed by atoms with van der Waals surface area (Å²) in [7, 11) is 1.64. The molecule has 0 aliphatic rings. The molecule has 0 aliphatic carbocycles. The summed E-state index contributed by atoms with van der Waals surface area (Å²) >= 11 is 0. The molecule has 0 saturated carbocycles. The average molecular weight is 259 g/mol. The Balaban J connectivity index is 2.17. The van der Waals surface area contributed by atoms with Crippen LogP contribution < -0.4 is 10.5 Å². The Hall–Kier alpha value is -1.87. The summed E-state index contributed by atoms with van der Waals surface area (Å²) in [4.78, 5) is 0. The molecule has 3 heteroatoms. The quantitative estimate of drug-likeness (QED) is 0.914. The van der Waals surface area contributed by atoms with Crippen LogP contribution in [0.3, 0.4) is 0 Å². The van der Waals surface area contributed by atoms with Crippen LogP contribution in [-0.2, 0) is 12.0 Å². The van der Waals surface area contributed by atoms with Crippen molar-refractivity contribution in [3.05, 3.63) is 65.5 Å². The van der Waals surface area contributed by atoms with E-state index in [0.29, 0.717) is 6.42 Å². The van der Waals surface area contributed by atoms with Gasteiger partial charge in [0.1, 0.15) is 11.6 Å². The van der Waals surface area contributed by atoms with Gasteiger partial charge in [-0.1, -0.05) is 24.3 Å². The van der Waals surface area contributed by atoms with E-state index in [1.54, 1.807) is 19.2 Å². The number of ether oxygens (including phenoxy) is 1. The number of methoxy groups -OCH3 is 1. The van der Waals surface area contributed by atoms with Crippen LogP contribution in [0.2, 0.25) is 0 Å². The molecule has 0 aliphatic heterocycles. The maximum Gasteiger partial charge on any atom is 0.123 e. The van der Waals surface area contributed by atoms with Gasteiger partial charge in [-0.3, -0.25) is 0 Å². The van der Waals surface area contributed by atoms with E-state index in [-0.39, 0.29) is 5.82 Å². The van der Waals surface area contributed by atoms with Crippen molar-refractivity contribution in [2.45, 2.75) is 18.9 Å². The molecule has 2 rings (SSSR count). The Kier molecular flexibility index (Phi) is 3.86. The van der Waals surface area contributed by atoms with Crippen LogP contribution in [0.5, 0.6) is 5.75 Å². The van der Waals surface area contributed by atoms with Crippen LogP contribution in [0.4, 0.5) is 4.39 Å². The molecule has 19 heavy (non-hydrogen) atoms. The summed E-state index contributed by atoms with van der Waals surface area (Å²) in [5.74, 6) is 0.577. The van der Waals surface area contributed by atoms with Crippen molar-refractivity contribution in [3.8, 4) is 5.75 Å². The van der Waals surface area contributed by atoms with Gasteiger partial charge in [-0.25, -0.2) is 4.39 Å². The molecular weight excluding hydrogens is 241 g/mol. The van der Waals surface area contributed by atoms with Gasteiger partial charge in [0.25, 0.3) is 0 Å². The third-order valence-electron chi connectivity index (χ3n) is 3.23. The summed E-state index contributed by atoms with van der Waals surface area (Å²) < 4.78 is 18.1. The van der Waals surface area contributed by atoms with Crippen LogP contribution in [-0.4, -0.2) is 7.11 Å². The molecule has 0 heterocycles. The van der Waals surface area contributed by atoms with Crippen molar-refractivity contribution in [2.24, 2.45) is 5.73 Å². The molecule has 2 nitrogen and oxygen atoms in total. The van der Waals surface area contributed by atoms with Gasteiger partial charge < -0.3 is 10.5 Å². The second-order valence-electron chi connectivity index (χ2n) is 4.95. The molecule has 0 radical (unpaired) electrons. The fourth-order valence-electron chi connectivity index (χ4n) is 2.10. The van der Waals surface area contributed by atoms with E-state index in [1.165, 1.54) is 12.1 Å². The van der Waals surface area contributed by atoms with Gasteiger partial charge >= 0.3 is 0 Å². The van der Waals surface area contributed by atoms with Crippen molar-refractivity contribution < 1.29 is 9.13 Å². The normalized spacial score (nSPS) is 13.9. The Bertz CT molecular complexity index is 532. The number of hydrogen-bond acceptors (Lipinski definition) is 2. The Labute approximate surface area is 113 Å². The van der Waals surface area contributed by atoms with Gasteiger partial charge in [0.05, 0.1) is 7.11 Å². The van der Waals surface area contributed by atoms with Gasteiger partial charge in [-0.2, -0.15) is 0 Å². The number of benzene rings is 2. The van der Waals surface area contributed by atoms with Gasteiger partial charge in [-0.05, 0) is 48.7 Å². The molecule has 1 atom stereocenters. The van der Waals surface area contributed by atoms with Crippen LogP contribution in [0.25, 0.3) is 0 Å². The van der Waals surface area contributed by atoms with Gasteiger partial charge in [-0.15, -0.1) is 0 Å². The van der Waals surface area contributed by atoms with E-state index < -0.39 is 5.54 Å². The van der Waals surface area contributed by atoms with Gasteiger partial charge in [0.15, 0.2) is 0 Å². The molecule has 0 fully saturated rings. The smallest absolute Gasteiger partial charge is 0.123 e. The highest BCUT2D eigenvalue weighted by molar-refractivity contribution is 5.31. The second-order valence-corrected chi connectivity index (χ2v) is 4.95. The van der Waals surface area contributed by atoms with Crippen LogP contribution >= 0.6 is 0 Å². The average Bonchev–Trinajstić information content (AvgIpc) is 2.40. The number of nitrogens with two attached hydrogens (primary N) is 1. The summed E-state index contributed by atoms with van der Waals surface area (Å²) in [6.07, 6.45) is 0.683. The molecule has 0 aromatic heterocycles. The third kappa shape index (κ3) is 3.32. The van der Waals surface area contributed by atoms with Crippen molar-refractivity contribution in [2.75, 3.05) is 7.11 Å². The highest BCUT2D eigenvalue weighted by Gasteiger charge is 2.21. The Morgan fingerprint density at radius 3 is 2.16 bits per heavy atom. The predicted octanol–water partition coefficient (Wildman–Crippen LogP) is 3.25. The lowest BCUT2D eigenvalue weighted by atomic mass is 9.86. The molecule has 0 bridgehead atoms. The summed E-state index contributed by atoms with van der Waals surface area (Å²) in [5, 5.41) is 0. The van der Waals surface area contributed by atoms with E-state index in [9.17, 15) is 4.39 Å². The van der Waals surface area contributed by atoms with Crippen LogP contribution in [0.15, 0.2) is 48.5 Å². The van der Waals surface area contributed by atoms with Crippen molar-refractivity contribution in [1.29, 1.82) is 0 Å². The second kappa shape index (κ2) is 5.41. The van der Waals surface area contributed by atoms with Crippen molar-refractivity contribution in [3.63, 3.8) is 0 Å². The zero-order chi connectivity index (χ0) is 13.9. The molecular formula is C16H18FNO. The van der Waals surface area contributed by atoms with Crippen molar-refractivity contribution >= 4 is 0 Å². The number of rotatable bonds is 4. The third-order valence-corrected chi connectivity index (χ3v) is 3.23. The monoisotopic (exact) mass is 259 g/mol. The molecule has 2 aromatic carbocycles. The van der Waals surface area contributed by atoms with E-state index in [4.69, 9.17) is 10.5 Å². The molecule has 1 unspecified atom stereocenters. The first kappa shape index (κ1) is 13.6. The van der Waals surface area contributed by atoms with Gasteiger partial charge in [0.2, 0.25) is 0 Å². The lowest BCUT2D eigenvalue weighted by Gasteiger charge is -2.25. The molecule has 0 spiro atoms. The summed E-state index contributed by atoms with van der Waals surface area (Å²) in [6.45, 7) is 1.95. The maximum atomic E-state index is 12.9. The summed E-state index contributed by atoms with van der Waals surface area (Å²) in [6, 6.07) is 14.2. The lowest BCUT2D eigenvalue weighted by molar-refractivity contribution is 0.414. The first-order chi connectivity index (χ1) is 9.01. The molecule has 0 amide bonds. The first-order valence-electron chi connectivity index (χ1n) is 6.19. The van der Waals surface area contributed by atoms with E-state index >= 15 is 0 Å². The van der Waals surface area contributed by atoms with Crippen LogP contribution in [0.1, 0.15) is 18.1 Å². The van der Waals surface area contributed by atoms with Crippen molar-refractivity contribution in [1.82, 2.24) is 0 Å². The zero-order valence-electron chi connectivity index (χ0n) is 11.2. The molecule has 2 aromatic rings. The predicted molar refractivity (Wildman–Crippen MR) is 74.6 cm³/mol. The highest BCUT2D eigenvalue weighted by Crippen LogP contribution is 2.24. The number of hydrogen-bond donors (Lipinski definition) is 1. The lowest BCUT2D eigenvalue weighted by Crippen LogP contribution is -2.35. The van der Waals surface area contributed by atoms with Crippen LogP contribution in [0, 0.1) is 5.82 Å². The Morgan fingerprint density at radius 1 is 1.05 bits per heavy atom. The number of halogens is 1.